The van der Waals surface area contributed by atoms with Gasteiger partial charge in [0.25, 0.3) is 0 Å². The van der Waals surface area contributed by atoms with Crippen LogP contribution in [0.15, 0.2) is 4.42 Å². The fourth-order valence-electron chi connectivity index (χ4n) is 3.14. The van der Waals surface area contributed by atoms with E-state index in [2.05, 4.69) is 24.0 Å². The third-order valence-corrected chi connectivity index (χ3v) is 4.30. The van der Waals surface area contributed by atoms with Gasteiger partial charge in [0, 0.05) is 12.3 Å². The Hall–Kier alpha value is -1.39. The summed E-state index contributed by atoms with van der Waals surface area (Å²) in [5.74, 6) is 0.792. The quantitative estimate of drug-likeness (QED) is 0.894. The Bertz CT molecular complexity index is 491. The third-order valence-electron chi connectivity index (χ3n) is 4.30. The molecule has 0 amide bonds. The van der Waals surface area contributed by atoms with Gasteiger partial charge in [-0.2, -0.15) is 0 Å². The maximum Gasteiger partial charge on any atom is 0.303 e. The monoisotopic (exact) mass is 280 g/mol. The van der Waals surface area contributed by atoms with Gasteiger partial charge in [-0.15, -0.1) is 10.2 Å². The summed E-state index contributed by atoms with van der Waals surface area (Å²) in [5, 5.41) is 17.2. The van der Waals surface area contributed by atoms with Crippen molar-refractivity contribution in [3.63, 3.8) is 0 Å². The van der Waals surface area contributed by atoms with Gasteiger partial charge in [-0.05, 0) is 23.7 Å². The highest BCUT2D eigenvalue weighted by molar-refractivity contribution is 5.67. The molecule has 0 saturated heterocycles. The Labute approximate surface area is 119 Å². The Morgan fingerprint density at radius 2 is 2.15 bits per heavy atom. The van der Waals surface area contributed by atoms with Crippen molar-refractivity contribution in [2.75, 3.05) is 0 Å². The molecule has 5 nitrogen and oxygen atoms in total. The first kappa shape index (κ1) is 15.0. The molecule has 0 bridgehead atoms. The molecule has 1 fully saturated rings. The average molecular weight is 280 g/mol. The summed E-state index contributed by atoms with van der Waals surface area (Å²) in [5.41, 5.74) is -0.165. The first-order valence-corrected chi connectivity index (χ1v) is 7.24. The van der Waals surface area contributed by atoms with Crippen molar-refractivity contribution in [3.05, 3.63) is 11.8 Å². The zero-order chi connectivity index (χ0) is 15.0. The molecule has 5 heteroatoms. The van der Waals surface area contributed by atoms with E-state index in [1.807, 2.05) is 13.8 Å². The number of hydrogen-bond acceptors (Lipinski definition) is 4. The van der Waals surface area contributed by atoms with Gasteiger partial charge in [-0.1, -0.05) is 34.1 Å². The highest BCUT2D eigenvalue weighted by atomic mass is 16.4. The van der Waals surface area contributed by atoms with E-state index in [-0.39, 0.29) is 17.3 Å². The van der Waals surface area contributed by atoms with Gasteiger partial charge in [0.05, 0.1) is 6.42 Å². The van der Waals surface area contributed by atoms with Gasteiger partial charge in [0.15, 0.2) is 0 Å². The zero-order valence-electron chi connectivity index (χ0n) is 12.8. The smallest absolute Gasteiger partial charge is 0.303 e. The molecule has 0 radical (unpaired) electrons. The van der Waals surface area contributed by atoms with Crippen molar-refractivity contribution in [1.82, 2.24) is 10.2 Å². The number of aromatic nitrogens is 2. The van der Waals surface area contributed by atoms with E-state index in [0.29, 0.717) is 24.1 Å². The molecular formula is C15H24N2O3. The van der Waals surface area contributed by atoms with Crippen LogP contribution in [-0.4, -0.2) is 21.3 Å². The van der Waals surface area contributed by atoms with E-state index in [4.69, 9.17) is 9.52 Å². The predicted octanol–water partition coefficient (Wildman–Crippen LogP) is 3.41. The number of rotatable bonds is 5. The van der Waals surface area contributed by atoms with Crippen LogP contribution in [0.3, 0.4) is 0 Å². The van der Waals surface area contributed by atoms with E-state index < -0.39 is 5.97 Å². The maximum absolute atomic E-state index is 10.8. The summed E-state index contributed by atoms with van der Waals surface area (Å²) < 4.78 is 5.81. The van der Waals surface area contributed by atoms with Crippen molar-refractivity contribution >= 4 is 5.97 Å². The standard InChI is InChI=1S/C15H24N2O3/c1-14(2,9-12(18)19)8-11-16-17-13(20-11)10-6-5-7-15(10,3)4/h10H,5-9H2,1-4H3,(H,18,19). The molecule has 1 aliphatic carbocycles. The summed E-state index contributed by atoms with van der Waals surface area (Å²) in [4.78, 5) is 10.8. The fourth-order valence-corrected chi connectivity index (χ4v) is 3.14. The van der Waals surface area contributed by atoms with Gasteiger partial charge >= 0.3 is 5.97 Å². The maximum atomic E-state index is 10.8. The number of nitrogens with zero attached hydrogens (tertiary/aromatic N) is 2. The molecule has 1 atom stereocenters. The molecule has 1 aromatic rings. The van der Waals surface area contributed by atoms with Crippen LogP contribution >= 0.6 is 0 Å². The van der Waals surface area contributed by atoms with Crippen LogP contribution in [0.1, 0.15) is 71.1 Å². The third kappa shape index (κ3) is 3.38. The van der Waals surface area contributed by atoms with Crippen molar-refractivity contribution in [3.8, 4) is 0 Å². The molecule has 1 aliphatic rings. The van der Waals surface area contributed by atoms with Crippen LogP contribution in [0, 0.1) is 10.8 Å². The van der Waals surface area contributed by atoms with Crippen LogP contribution in [0.5, 0.6) is 0 Å². The van der Waals surface area contributed by atoms with Crippen LogP contribution in [0.2, 0.25) is 0 Å². The predicted molar refractivity (Wildman–Crippen MR) is 74.4 cm³/mol. The Balaban J connectivity index is 2.08. The summed E-state index contributed by atoms with van der Waals surface area (Å²) in [6.45, 7) is 8.29. The zero-order valence-corrected chi connectivity index (χ0v) is 12.8. The topological polar surface area (TPSA) is 76.2 Å². The second-order valence-corrected chi connectivity index (χ2v) is 7.38. The van der Waals surface area contributed by atoms with Crippen molar-refractivity contribution < 1.29 is 14.3 Å². The molecule has 112 valence electrons. The highest BCUT2D eigenvalue weighted by Crippen LogP contribution is 2.48. The average Bonchev–Trinajstić information content (AvgIpc) is 2.81. The molecule has 2 rings (SSSR count). The molecule has 1 N–H and O–H groups in total. The van der Waals surface area contributed by atoms with E-state index in [1.165, 1.54) is 12.8 Å². The number of carboxylic acid groups (broad SMARTS) is 1. The van der Waals surface area contributed by atoms with E-state index >= 15 is 0 Å². The lowest BCUT2D eigenvalue weighted by atomic mass is 9.82. The van der Waals surface area contributed by atoms with Crippen LogP contribution < -0.4 is 0 Å². The normalized spacial score (nSPS) is 22.1. The van der Waals surface area contributed by atoms with Crippen molar-refractivity contribution in [2.45, 2.75) is 65.7 Å². The number of hydrogen-bond donors (Lipinski definition) is 1. The minimum absolute atomic E-state index is 0.0969. The Morgan fingerprint density at radius 3 is 2.70 bits per heavy atom. The lowest BCUT2D eigenvalue weighted by Crippen LogP contribution is -2.19. The van der Waals surface area contributed by atoms with Crippen molar-refractivity contribution in [1.29, 1.82) is 0 Å². The number of carboxylic acids is 1. The Kier molecular flexibility index (Phi) is 3.89. The number of aliphatic carboxylic acids is 1. The molecule has 1 heterocycles. The lowest BCUT2D eigenvalue weighted by Gasteiger charge is -2.23. The van der Waals surface area contributed by atoms with Gasteiger partial charge < -0.3 is 9.52 Å². The van der Waals surface area contributed by atoms with Gasteiger partial charge in [-0.3, -0.25) is 4.79 Å². The largest absolute Gasteiger partial charge is 0.481 e. The Morgan fingerprint density at radius 1 is 1.45 bits per heavy atom. The SMILES string of the molecule is CC(C)(CC(=O)O)Cc1nnc(C2CCCC2(C)C)o1. The summed E-state index contributed by atoms with van der Waals surface area (Å²) >= 11 is 0. The van der Waals surface area contributed by atoms with Gasteiger partial charge in [0.1, 0.15) is 0 Å². The molecule has 0 aromatic carbocycles. The second kappa shape index (κ2) is 5.19. The molecule has 20 heavy (non-hydrogen) atoms. The molecule has 1 aromatic heterocycles. The number of carbonyl (C=O) groups is 1. The minimum atomic E-state index is -0.799. The van der Waals surface area contributed by atoms with Crippen LogP contribution in [0.4, 0.5) is 0 Å². The van der Waals surface area contributed by atoms with Crippen LogP contribution in [-0.2, 0) is 11.2 Å². The van der Waals surface area contributed by atoms with Crippen LogP contribution in [0.25, 0.3) is 0 Å². The van der Waals surface area contributed by atoms with Gasteiger partial charge in [-0.25, -0.2) is 0 Å². The second-order valence-electron chi connectivity index (χ2n) is 7.38. The summed E-state index contributed by atoms with van der Waals surface area (Å²) in [7, 11) is 0. The molecule has 0 spiro atoms. The molecule has 1 saturated carbocycles. The van der Waals surface area contributed by atoms with Crippen molar-refractivity contribution in [2.24, 2.45) is 10.8 Å². The molecular weight excluding hydrogens is 256 g/mol. The summed E-state index contributed by atoms with van der Waals surface area (Å²) in [6.07, 6.45) is 4.06. The van der Waals surface area contributed by atoms with E-state index in [9.17, 15) is 4.79 Å². The minimum Gasteiger partial charge on any atom is -0.481 e. The molecule has 1 unspecified atom stereocenters. The van der Waals surface area contributed by atoms with E-state index in [0.717, 1.165) is 6.42 Å². The first-order valence-electron chi connectivity index (χ1n) is 7.24. The summed E-state index contributed by atoms with van der Waals surface area (Å²) in [6, 6.07) is 0. The van der Waals surface area contributed by atoms with Gasteiger partial charge in [0.2, 0.25) is 11.8 Å². The highest BCUT2D eigenvalue weighted by Gasteiger charge is 2.39. The molecule has 0 aliphatic heterocycles. The van der Waals surface area contributed by atoms with E-state index in [1.54, 1.807) is 0 Å². The lowest BCUT2D eigenvalue weighted by molar-refractivity contribution is -0.139. The first-order chi connectivity index (χ1) is 9.20. The fraction of sp³-hybridized carbons (Fsp3) is 0.800.